The van der Waals surface area contributed by atoms with Crippen LogP contribution in [0.1, 0.15) is 30.5 Å². The van der Waals surface area contributed by atoms with E-state index in [1.165, 1.54) is 18.3 Å². The van der Waals surface area contributed by atoms with Crippen LogP contribution in [-0.4, -0.2) is 48.0 Å². The van der Waals surface area contributed by atoms with E-state index in [1.807, 2.05) is 26.1 Å². The van der Waals surface area contributed by atoms with Gasteiger partial charge in [-0.3, -0.25) is 4.98 Å². The zero-order valence-corrected chi connectivity index (χ0v) is 20.6. The number of halogens is 1. The van der Waals surface area contributed by atoms with E-state index in [-0.39, 0.29) is 16.9 Å². The first kappa shape index (κ1) is 24.5. The van der Waals surface area contributed by atoms with Crippen LogP contribution in [0.3, 0.4) is 0 Å². The average molecular weight is 495 g/mol. The van der Waals surface area contributed by atoms with Crippen molar-refractivity contribution in [1.29, 1.82) is 0 Å². The zero-order valence-electron chi connectivity index (χ0n) is 19.7. The second kappa shape index (κ2) is 10.3. The van der Waals surface area contributed by atoms with Gasteiger partial charge in [0.2, 0.25) is 0 Å². The molecule has 1 unspecified atom stereocenters. The van der Waals surface area contributed by atoms with E-state index >= 15 is 0 Å². The van der Waals surface area contributed by atoms with Gasteiger partial charge in [0.25, 0.3) is 0 Å². The highest BCUT2D eigenvalue weighted by molar-refractivity contribution is 7.90. The molecule has 1 atom stereocenters. The largest absolute Gasteiger partial charge is 0.378 e. The predicted octanol–water partition coefficient (Wildman–Crippen LogP) is 3.66. The monoisotopic (exact) mass is 494 g/mol. The molecule has 10 heteroatoms. The Morgan fingerprint density at radius 1 is 1.17 bits per heavy atom. The van der Waals surface area contributed by atoms with E-state index in [4.69, 9.17) is 0 Å². The molecule has 0 saturated heterocycles. The van der Waals surface area contributed by atoms with Crippen molar-refractivity contribution < 1.29 is 12.8 Å². The molecular formula is C25H27FN6O2S. The molecule has 8 nitrogen and oxygen atoms in total. The predicted molar refractivity (Wildman–Crippen MR) is 134 cm³/mol. The average Bonchev–Trinajstić information content (AvgIpc) is 3.29. The summed E-state index contributed by atoms with van der Waals surface area (Å²) in [6.07, 6.45) is 10.6. The van der Waals surface area contributed by atoms with Crippen molar-refractivity contribution in [3.05, 3.63) is 84.2 Å². The summed E-state index contributed by atoms with van der Waals surface area (Å²) in [5, 5.41) is 12.2. The summed E-state index contributed by atoms with van der Waals surface area (Å²) in [7, 11) is -1.56. The lowest BCUT2D eigenvalue weighted by atomic mass is 10.0. The number of benzene rings is 1. The number of pyridine rings is 2. The topological polar surface area (TPSA) is 102 Å². The third-order valence-corrected chi connectivity index (χ3v) is 6.68. The fraction of sp³-hybridized carbons (Fsp3) is 0.240. The highest BCUT2D eigenvalue weighted by atomic mass is 32.2. The molecule has 0 fully saturated rings. The summed E-state index contributed by atoms with van der Waals surface area (Å²) in [4.78, 5) is 8.45. The number of fused-ring (bicyclic) bond motifs is 1. The summed E-state index contributed by atoms with van der Waals surface area (Å²) in [6.45, 7) is 2.64. The molecule has 0 amide bonds. The minimum Gasteiger partial charge on any atom is -0.378 e. The van der Waals surface area contributed by atoms with E-state index in [0.717, 1.165) is 46.2 Å². The fourth-order valence-corrected chi connectivity index (χ4v) is 4.51. The highest BCUT2D eigenvalue weighted by Gasteiger charge is 2.19. The van der Waals surface area contributed by atoms with Crippen LogP contribution in [0.15, 0.2) is 72.3 Å². The first-order valence-electron chi connectivity index (χ1n) is 11.1. The lowest BCUT2D eigenvalue weighted by molar-refractivity contribution is 0.556. The molecule has 0 aliphatic rings. The van der Waals surface area contributed by atoms with E-state index < -0.39 is 9.84 Å². The van der Waals surface area contributed by atoms with Crippen LogP contribution >= 0.6 is 0 Å². The van der Waals surface area contributed by atoms with Crippen molar-refractivity contribution in [1.82, 2.24) is 30.4 Å². The van der Waals surface area contributed by atoms with Crippen molar-refractivity contribution in [3.63, 3.8) is 0 Å². The van der Waals surface area contributed by atoms with Crippen LogP contribution < -0.4 is 10.6 Å². The van der Waals surface area contributed by atoms with Crippen LogP contribution in [-0.2, 0) is 9.84 Å². The van der Waals surface area contributed by atoms with Gasteiger partial charge in [0.05, 0.1) is 29.6 Å². The SMILES string of the molecule is CC=C(NC(CCNC)c1ccnc(S(C)(=O)=O)c1)c1cncc2c1cnn2-c1ccc(F)cc1. The number of aromatic nitrogens is 4. The first-order chi connectivity index (χ1) is 16.8. The summed E-state index contributed by atoms with van der Waals surface area (Å²) >= 11 is 0. The Bertz CT molecular complexity index is 1470. The van der Waals surface area contributed by atoms with Crippen molar-refractivity contribution in [2.75, 3.05) is 19.8 Å². The Morgan fingerprint density at radius 3 is 2.63 bits per heavy atom. The summed E-state index contributed by atoms with van der Waals surface area (Å²) < 4.78 is 39.2. The third-order valence-electron chi connectivity index (χ3n) is 5.70. The number of hydrogen-bond acceptors (Lipinski definition) is 7. The van der Waals surface area contributed by atoms with Crippen molar-refractivity contribution in [2.45, 2.75) is 24.4 Å². The molecule has 0 spiro atoms. The minimum absolute atomic E-state index is 0.0395. The van der Waals surface area contributed by atoms with Gasteiger partial charge >= 0.3 is 0 Å². The molecule has 0 aliphatic heterocycles. The van der Waals surface area contributed by atoms with Crippen LogP contribution in [0.5, 0.6) is 0 Å². The van der Waals surface area contributed by atoms with Crippen molar-refractivity contribution in [3.8, 4) is 5.69 Å². The maximum atomic E-state index is 13.4. The summed E-state index contributed by atoms with van der Waals surface area (Å²) in [6, 6.07) is 9.37. The van der Waals surface area contributed by atoms with Gasteiger partial charge in [0.1, 0.15) is 5.82 Å². The van der Waals surface area contributed by atoms with Gasteiger partial charge in [-0.1, -0.05) is 6.08 Å². The second-order valence-electron chi connectivity index (χ2n) is 8.14. The highest BCUT2D eigenvalue weighted by Crippen LogP contribution is 2.28. The summed E-state index contributed by atoms with van der Waals surface area (Å²) in [5.41, 5.74) is 4.01. The van der Waals surface area contributed by atoms with E-state index in [9.17, 15) is 12.8 Å². The Labute approximate surface area is 203 Å². The van der Waals surface area contributed by atoms with Crippen LogP contribution in [0.25, 0.3) is 22.3 Å². The molecule has 3 heterocycles. The van der Waals surface area contributed by atoms with Crippen LogP contribution in [0.4, 0.5) is 4.39 Å². The van der Waals surface area contributed by atoms with Crippen LogP contribution in [0, 0.1) is 5.82 Å². The molecule has 35 heavy (non-hydrogen) atoms. The zero-order chi connectivity index (χ0) is 25.0. The molecule has 0 radical (unpaired) electrons. The summed E-state index contributed by atoms with van der Waals surface area (Å²) in [5.74, 6) is -0.313. The Kier molecular flexibility index (Phi) is 7.23. The number of hydrogen-bond donors (Lipinski definition) is 2. The minimum atomic E-state index is -3.43. The quantitative estimate of drug-likeness (QED) is 0.366. The lowest BCUT2D eigenvalue weighted by Gasteiger charge is -2.23. The Balaban J connectivity index is 1.72. The molecule has 3 aromatic heterocycles. The molecule has 4 rings (SSSR count). The number of nitrogens with one attached hydrogen (secondary N) is 2. The number of nitrogens with zero attached hydrogens (tertiary/aromatic N) is 4. The number of sulfone groups is 1. The van der Waals surface area contributed by atoms with Gasteiger partial charge in [0.15, 0.2) is 14.9 Å². The molecule has 2 N–H and O–H groups in total. The van der Waals surface area contributed by atoms with Gasteiger partial charge < -0.3 is 10.6 Å². The molecule has 4 aromatic rings. The van der Waals surface area contributed by atoms with E-state index in [2.05, 4.69) is 25.7 Å². The van der Waals surface area contributed by atoms with E-state index in [1.54, 1.807) is 41.5 Å². The Morgan fingerprint density at radius 2 is 1.94 bits per heavy atom. The first-order valence-corrected chi connectivity index (χ1v) is 13.0. The fourth-order valence-electron chi connectivity index (χ4n) is 3.90. The van der Waals surface area contributed by atoms with Crippen molar-refractivity contribution in [2.24, 2.45) is 0 Å². The van der Waals surface area contributed by atoms with Crippen molar-refractivity contribution >= 4 is 26.4 Å². The number of allylic oxidation sites excluding steroid dienone is 1. The third kappa shape index (κ3) is 5.39. The van der Waals surface area contributed by atoms with Crippen LogP contribution in [0.2, 0.25) is 0 Å². The maximum absolute atomic E-state index is 13.4. The van der Waals surface area contributed by atoms with Gasteiger partial charge in [-0.2, -0.15) is 5.10 Å². The normalized spacial score (nSPS) is 13.2. The molecule has 0 aliphatic carbocycles. The van der Waals surface area contributed by atoms with Gasteiger partial charge in [0, 0.05) is 35.3 Å². The van der Waals surface area contributed by atoms with Gasteiger partial charge in [-0.15, -0.1) is 0 Å². The maximum Gasteiger partial charge on any atom is 0.192 e. The van der Waals surface area contributed by atoms with Gasteiger partial charge in [-0.05, 0) is 68.9 Å². The lowest BCUT2D eigenvalue weighted by Crippen LogP contribution is -2.24. The molecular weight excluding hydrogens is 467 g/mol. The number of rotatable bonds is 9. The molecule has 182 valence electrons. The molecule has 0 bridgehead atoms. The smallest absolute Gasteiger partial charge is 0.192 e. The second-order valence-corrected chi connectivity index (χ2v) is 10.1. The molecule has 0 saturated carbocycles. The van der Waals surface area contributed by atoms with Gasteiger partial charge in [-0.25, -0.2) is 22.5 Å². The molecule has 1 aromatic carbocycles. The van der Waals surface area contributed by atoms with E-state index in [0.29, 0.717) is 6.42 Å². The standard InChI is InChI=1S/C25H27FN6O2S/c1-4-22(31-23(10-11-27-2)17-9-12-29-25(13-17)35(3,33)34)20-14-28-16-24-21(20)15-30-32(24)19-7-5-18(26)6-8-19/h4-9,12-16,23,27,31H,10-11H2,1-3H3. The Hall–Kier alpha value is -3.63.